The monoisotopic (exact) mass is 473 g/mol. The van der Waals surface area contributed by atoms with Crippen molar-refractivity contribution in [1.29, 1.82) is 0 Å². The smallest absolute Gasteiger partial charge is 0.268 e. The first kappa shape index (κ1) is 21.2. The van der Waals surface area contributed by atoms with Crippen LogP contribution in [-0.2, 0) is 4.79 Å². The summed E-state index contributed by atoms with van der Waals surface area (Å²) in [5, 5.41) is 5.75. The van der Waals surface area contributed by atoms with Crippen LogP contribution < -0.4 is 10.9 Å². The van der Waals surface area contributed by atoms with Gasteiger partial charge in [0.25, 0.3) is 5.56 Å². The van der Waals surface area contributed by atoms with Gasteiger partial charge in [0.15, 0.2) is 5.16 Å². The van der Waals surface area contributed by atoms with Crippen LogP contribution in [0, 0.1) is 6.92 Å². The number of thiophene rings is 1. The molecule has 2 aromatic carbocycles. The molecule has 0 aliphatic carbocycles. The first-order chi connectivity index (χ1) is 16.1. The Labute approximate surface area is 197 Å². The van der Waals surface area contributed by atoms with Gasteiger partial charge in [-0.1, -0.05) is 42.1 Å². The molecule has 3 heterocycles. The summed E-state index contributed by atoms with van der Waals surface area (Å²) < 4.78 is 7.09. The molecule has 6 nitrogen and oxygen atoms in total. The number of nitrogens with zero attached hydrogens (tertiary/aromatic N) is 2. The van der Waals surface area contributed by atoms with Gasteiger partial charge in [0, 0.05) is 16.6 Å². The normalized spacial score (nSPS) is 11.1. The van der Waals surface area contributed by atoms with E-state index < -0.39 is 0 Å². The molecule has 0 spiro atoms. The lowest BCUT2D eigenvalue weighted by atomic mass is 10.2. The molecule has 0 bridgehead atoms. The standard InChI is InChI=1S/C25H19N3O3S2/c1-16-7-5-8-17(13-16)26-21(29)15-33-25-27-23-22(19(14-32-23)20-11-6-12-31-20)24(30)28(25)18-9-3-2-4-10-18/h2-14H,15H2,1H3,(H,26,29). The number of benzene rings is 2. The van der Waals surface area contributed by atoms with E-state index in [0.717, 1.165) is 16.8 Å². The van der Waals surface area contributed by atoms with Crippen LogP contribution in [0.3, 0.4) is 0 Å². The summed E-state index contributed by atoms with van der Waals surface area (Å²) in [7, 11) is 0. The number of anilines is 1. The molecule has 3 aromatic heterocycles. The summed E-state index contributed by atoms with van der Waals surface area (Å²) in [6.07, 6.45) is 1.58. The van der Waals surface area contributed by atoms with Crippen LogP contribution in [0.25, 0.3) is 27.2 Å². The number of fused-ring (bicyclic) bond motifs is 1. The molecule has 0 radical (unpaired) electrons. The summed E-state index contributed by atoms with van der Waals surface area (Å²) in [5.41, 5.74) is 3.02. The molecular formula is C25H19N3O3S2. The third-order valence-corrected chi connectivity index (χ3v) is 6.82. The topological polar surface area (TPSA) is 77.1 Å². The first-order valence-corrected chi connectivity index (χ1v) is 12.1. The number of hydrogen-bond donors (Lipinski definition) is 1. The third kappa shape index (κ3) is 4.35. The summed E-state index contributed by atoms with van der Waals surface area (Å²) in [4.78, 5) is 31.6. The lowest BCUT2D eigenvalue weighted by Gasteiger charge is -2.12. The van der Waals surface area contributed by atoms with E-state index in [1.165, 1.54) is 23.1 Å². The number of furan rings is 1. The highest BCUT2D eigenvalue weighted by molar-refractivity contribution is 7.99. The molecule has 164 valence electrons. The SMILES string of the molecule is Cc1cccc(NC(=O)CSc2nc3scc(-c4ccco4)c3c(=O)n2-c2ccccc2)c1. The minimum atomic E-state index is -0.194. The number of nitrogens with one attached hydrogen (secondary N) is 1. The van der Waals surface area contributed by atoms with E-state index in [1.807, 2.05) is 73.0 Å². The van der Waals surface area contributed by atoms with E-state index in [4.69, 9.17) is 9.40 Å². The Kier molecular flexibility index (Phi) is 5.85. The van der Waals surface area contributed by atoms with Crippen molar-refractivity contribution in [3.8, 4) is 17.0 Å². The van der Waals surface area contributed by atoms with Gasteiger partial charge in [0.1, 0.15) is 10.6 Å². The number of aromatic nitrogens is 2. The van der Waals surface area contributed by atoms with Crippen molar-refractivity contribution in [1.82, 2.24) is 9.55 Å². The van der Waals surface area contributed by atoms with Gasteiger partial charge in [-0.3, -0.25) is 14.2 Å². The van der Waals surface area contributed by atoms with Gasteiger partial charge in [0.05, 0.1) is 23.1 Å². The Bertz CT molecular complexity index is 1490. The Balaban J connectivity index is 1.52. The van der Waals surface area contributed by atoms with Crippen molar-refractivity contribution < 1.29 is 9.21 Å². The fraction of sp³-hybridized carbons (Fsp3) is 0.0800. The minimum Gasteiger partial charge on any atom is -0.464 e. The van der Waals surface area contributed by atoms with Gasteiger partial charge in [-0.2, -0.15) is 0 Å². The molecule has 1 N–H and O–H groups in total. The van der Waals surface area contributed by atoms with Gasteiger partial charge in [0.2, 0.25) is 5.91 Å². The zero-order chi connectivity index (χ0) is 22.8. The van der Waals surface area contributed by atoms with Crippen molar-refractivity contribution in [2.24, 2.45) is 0 Å². The Morgan fingerprint density at radius 2 is 1.97 bits per heavy atom. The lowest BCUT2D eigenvalue weighted by Crippen LogP contribution is -2.22. The molecule has 0 atom stereocenters. The number of carbonyl (C=O) groups is 1. The van der Waals surface area contributed by atoms with Gasteiger partial charge in [-0.15, -0.1) is 11.3 Å². The van der Waals surface area contributed by atoms with Crippen molar-refractivity contribution in [2.75, 3.05) is 11.1 Å². The van der Waals surface area contributed by atoms with Crippen molar-refractivity contribution >= 4 is 44.9 Å². The number of para-hydroxylation sites is 1. The highest BCUT2D eigenvalue weighted by Gasteiger charge is 2.20. The summed E-state index contributed by atoms with van der Waals surface area (Å²) in [6, 6.07) is 20.6. The molecule has 0 saturated carbocycles. The largest absolute Gasteiger partial charge is 0.464 e. The van der Waals surface area contributed by atoms with Crippen LogP contribution in [0.1, 0.15) is 5.56 Å². The minimum absolute atomic E-state index is 0.120. The zero-order valence-corrected chi connectivity index (χ0v) is 19.3. The quantitative estimate of drug-likeness (QED) is 0.251. The summed E-state index contributed by atoms with van der Waals surface area (Å²) in [6.45, 7) is 1.97. The molecule has 0 fully saturated rings. The molecule has 0 unspecified atom stereocenters. The maximum absolute atomic E-state index is 13.7. The van der Waals surface area contributed by atoms with Gasteiger partial charge < -0.3 is 9.73 Å². The van der Waals surface area contributed by atoms with Crippen LogP contribution in [0.4, 0.5) is 5.69 Å². The second-order valence-electron chi connectivity index (χ2n) is 7.38. The number of carbonyl (C=O) groups excluding carboxylic acids is 1. The zero-order valence-electron chi connectivity index (χ0n) is 17.6. The molecule has 1 amide bonds. The second kappa shape index (κ2) is 9.09. The van der Waals surface area contributed by atoms with Crippen LogP contribution in [0.2, 0.25) is 0 Å². The van der Waals surface area contributed by atoms with Gasteiger partial charge in [-0.05, 0) is 48.9 Å². The number of hydrogen-bond acceptors (Lipinski definition) is 6. The maximum Gasteiger partial charge on any atom is 0.268 e. The van der Waals surface area contributed by atoms with Crippen LogP contribution in [0.5, 0.6) is 0 Å². The summed E-state index contributed by atoms with van der Waals surface area (Å²) >= 11 is 2.62. The van der Waals surface area contributed by atoms with E-state index >= 15 is 0 Å². The van der Waals surface area contributed by atoms with E-state index in [1.54, 1.807) is 16.9 Å². The molecule has 33 heavy (non-hydrogen) atoms. The Hall–Kier alpha value is -3.62. The van der Waals surface area contributed by atoms with Crippen molar-refractivity contribution in [2.45, 2.75) is 12.1 Å². The summed E-state index contributed by atoms with van der Waals surface area (Å²) in [5.74, 6) is 0.578. The highest BCUT2D eigenvalue weighted by atomic mass is 32.2. The molecular weight excluding hydrogens is 454 g/mol. The molecule has 0 saturated heterocycles. The van der Waals surface area contributed by atoms with Crippen LogP contribution in [0.15, 0.2) is 92.7 Å². The molecule has 5 aromatic rings. The predicted molar refractivity (Wildman–Crippen MR) is 133 cm³/mol. The van der Waals surface area contributed by atoms with E-state index in [2.05, 4.69) is 5.32 Å². The highest BCUT2D eigenvalue weighted by Crippen LogP contribution is 2.33. The van der Waals surface area contributed by atoms with Crippen LogP contribution in [-0.4, -0.2) is 21.2 Å². The number of thioether (sulfide) groups is 1. The number of amides is 1. The Morgan fingerprint density at radius 3 is 2.73 bits per heavy atom. The van der Waals surface area contributed by atoms with Crippen molar-refractivity contribution in [3.63, 3.8) is 0 Å². The first-order valence-electron chi connectivity index (χ1n) is 10.2. The van der Waals surface area contributed by atoms with E-state index in [0.29, 0.717) is 26.8 Å². The number of aryl methyl sites for hydroxylation is 1. The third-order valence-electron chi connectivity index (χ3n) is 5.01. The Morgan fingerprint density at radius 1 is 1.12 bits per heavy atom. The second-order valence-corrected chi connectivity index (χ2v) is 9.18. The predicted octanol–water partition coefficient (Wildman–Crippen LogP) is 5.75. The fourth-order valence-electron chi connectivity index (χ4n) is 3.54. The number of rotatable bonds is 6. The van der Waals surface area contributed by atoms with Gasteiger partial charge in [-0.25, -0.2) is 4.98 Å². The van der Waals surface area contributed by atoms with Crippen LogP contribution >= 0.6 is 23.1 Å². The molecule has 0 aliphatic heterocycles. The average molecular weight is 474 g/mol. The lowest BCUT2D eigenvalue weighted by molar-refractivity contribution is -0.113. The molecule has 5 rings (SSSR count). The van der Waals surface area contributed by atoms with E-state index in [9.17, 15) is 9.59 Å². The van der Waals surface area contributed by atoms with Gasteiger partial charge >= 0.3 is 0 Å². The van der Waals surface area contributed by atoms with Crippen molar-refractivity contribution in [3.05, 3.63) is 94.3 Å². The maximum atomic E-state index is 13.7. The molecule has 0 aliphatic rings. The van der Waals surface area contributed by atoms with E-state index in [-0.39, 0.29) is 17.2 Å². The molecule has 8 heteroatoms. The average Bonchev–Trinajstić information content (AvgIpc) is 3.48. The fourth-order valence-corrected chi connectivity index (χ4v) is 5.32.